The third-order valence-corrected chi connectivity index (χ3v) is 3.96. The van der Waals surface area contributed by atoms with Crippen LogP contribution in [0, 0.1) is 0 Å². The molecule has 1 unspecified atom stereocenters. The van der Waals surface area contributed by atoms with Crippen molar-refractivity contribution in [3.8, 4) is 0 Å². The van der Waals surface area contributed by atoms with Gasteiger partial charge in [-0.15, -0.1) is 0 Å². The second kappa shape index (κ2) is 9.59. The molecule has 2 rings (SSSR count). The molecule has 2 aromatic carbocycles. The Labute approximate surface area is 148 Å². The van der Waals surface area contributed by atoms with E-state index in [1.807, 2.05) is 37.3 Å². The summed E-state index contributed by atoms with van der Waals surface area (Å²) in [4.78, 5) is 24.4. The zero-order valence-electron chi connectivity index (χ0n) is 14.4. The predicted octanol–water partition coefficient (Wildman–Crippen LogP) is 2.93. The van der Waals surface area contributed by atoms with Gasteiger partial charge in [0.25, 0.3) is 5.91 Å². The van der Waals surface area contributed by atoms with Gasteiger partial charge in [0.2, 0.25) is 5.91 Å². The van der Waals surface area contributed by atoms with Gasteiger partial charge >= 0.3 is 0 Å². The monoisotopic (exact) mass is 340 g/mol. The summed E-state index contributed by atoms with van der Waals surface area (Å²) < 4.78 is 0. The molecule has 3 N–H and O–H groups in total. The lowest BCUT2D eigenvalue weighted by Crippen LogP contribution is -2.25. The number of aliphatic hydroxyl groups is 1. The topological polar surface area (TPSA) is 78.4 Å². The maximum Gasteiger partial charge on any atom is 0.251 e. The smallest absolute Gasteiger partial charge is 0.251 e. The van der Waals surface area contributed by atoms with Crippen LogP contribution in [0.3, 0.4) is 0 Å². The van der Waals surface area contributed by atoms with Gasteiger partial charge in [0.1, 0.15) is 0 Å². The fourth-order valence-electron chi connectivity index (χ4n) is 2.58. The Kier molecular flexibility index (Phi) is 7.16. The number of carbonyl (C=O) groups is 2. The number of anilines is 1. The van der Waals surface area contributed by atoms with Gasteiger partial charge in [-0.2, -0.15) is 0 Å². The van der Waals surface area contributed by atoms with E-state index in [1.165, 1.54) is 0 Å². The first-order valence-corrected chi connectivity index (χ1v) is 8.50. The minimum Gasteiger partial charge on any atom is -0.396 e. The maximum atomic E-state index is 12.5. The van der Waals surface area contributed by atoms with E-state index in [2.05, 4.69) is 10.6 Å². The van der Waals surface area contributed by atoms with Crippen LogP contribution >= 0.6 is 0 Å². The van der Waals surface area contributed by atoms with Crippen LogP contribution in [0.5, 0.6) is 0 Å². The minimum atomic E-state index is -0.206. The Balaban J connectivity index is 1.98. The van der Waals surface area contributed by atoms with Crippen molar-refractivity contribution in [2.75, 3.05) is 18.5 Å². The average molecular weight is 340 g/mol. The van der Waals surface area contributed by atoms with Crippen LogP contribution in [-0.2, 0) is 4.79 Å². The first-order chi connectivity index (χ1) is 12.2. The second-order valence-electron chi connectivity index (χ2n) is 5.77. The summed E-state index contributed by atoms with van der Waals surface area (Å²) >= 11 is 0. The van der Waals surface area contributed by atoms with Crippen LogP contribution < -0.4 is 10.6 Å². The summed E-state index contributed by atoms with van der Waals surface area (Å²) in [5.41, 5.74) is 2.17. The van der Waals surface area contributed by atoms with Gasteiger partial charge in [0.15, 0.2) is 0 Å². The number of amides is 2. The zero-order valence-corrected chi connectivity index (χ0v) is 14.4. The Hall–Kier alpha value is -2.66. The van der Waals surface area contributed by atoms with Gasteiger partial charge < -0.3 is 15.7 Å². The van der Waals surface area contributed by atoms with Crippen LogP contribution in [0.2, 0.25) is 0 Å². The predicted molar refractivity (Wildman–Crippen MR) is 98.6 cm³/mol. The lowest BCUT2D eigenvalue weighted by Gasteiger charge is -2.15. The van der Waals surface area contributed by atoms with E-state index in [0.717, 1.165) is 5.56 Å². The van der Waals surface area contributed by atoms with E-state index in [-0.39, 0.29) is 24.3 Å². The van der Waals surface area contributed by atoms with Crippen LogP contribution in [0.4, 0.5) is 5.69 Å². The highest BCUT2D eigenvalue weighted by Crippen LogP contribution is 2.21. The molecular weight excluding hydrogens is 316 g/mol. The second-order valence-corrected chi connectivity index (χ2v) is 5.77. The van der Waals surface area contributed by atoms with Crippen molar-refractivity contribution in [3.63, 3.8) is 0 Å². The third kappa shape index (κ3) is 5.43. The summed E-state index contributed by atoms with van der Waals surface area (Å²) in [6, 6.07) is 16.5. The number of nitrogens with one attached hydrogen (secondary N) is 2. The average Bonchev–Trinajstić information content (AvgIpc) is 2.64. The number of hydrogen-bond acceptors (Lipinski definition) is 3. The number of hydrogen-bond donors (Lipinski definition) is 3. The highest BCUT2D eigenvalue weighted by atomic mass is 16.3. The van der Waals surface area contributed by atoms with Crippen molar-refractivity contribution in [1.82, 2.24) is 5.32 Å². The molecule has 2 aromatic rings. The molecule has 2 amide bonds. The van der Waals surface area contributed by atoms with Crippen molar-refractivity contribution >= 4 is 17.5 Å². The number of aliphatic hydroxyl groups excluding tert-OH is 1. The van der Waals surface area contributed by atoms with E-state index >= 15 is 0 Å². The third-order valence-electron chi connectivity index (χ3n) is 3.96. The molecule has 0 aliphatic rings. The molecule has 0 fully saturated rings. The van der Waals surface area contributed by atoms with E-state index < -0.39 is 0 Å². The van der Waals surface area contributed by atoms with E-state index in [9.17, 15) is 9.59 Å². The molecule has 0 bridgehead atoms. The molecule has 132 valence electrons. The molecule has 0 saturated heterocycles. The van der Waals surface area contributed by atoms with Gasteiger partial charge in [-0.05, 0) is 42.7 Å². The van der Waals surface area contributed by atoms with Gasteiger partial charge in [-0.1, -0.05) is 37.3 Å². The lowest BCUT2D eigenvalue weighted by molar-refractivity contribution is -0.117. The normalized spacial score (nSPS) is 11.6. The molecule has 0 spiro atoms. The summed E-state index contributed by atoms with van der Waals surface area (Å²) in [6.45, 7) is 2.46. The van der Waals surface area contributed by atoms with Crippen molar-refractivity contribution < 1.29 is 14.7 Å². The molecule has 0 aliphatic heterocycles. The largest absolute Gasteiger partial charge is 0.396 e. The van der Waals surface area contributed by atoms with Crippen LogP contribution in [0.1, 0.15) is 41.6 Å². The fourth-order valence-corrected chi connectivity index (χ4v) is 2.58. The molecule has 0 aliphatic carbocycles. The van der Waals surface area contributed by atoms with Gasteiger partial charge in [-0.3, -0.25) is 9.59 Å². The van der Waals surface area contributed by atoms with Crippen molar-refractivity contribution in [3.05, 3.63) is 65.7 Å². The Bertz CT molecular complexity index is 684. The van der Waals surface area contributed by atoms with E-state index in [0.29, 0.717) is 30.6 Å². The van der Waals surface area contributed by atoms with E-state index in [1.54, 1.807) is 24.3 Å². The molecule has 5 heteroatoms. The standard InChI is InChI=1S/C20H24N2O3/c1-2-18(15-7-4-3-5-8-15)20(25)22-17-11-9-16(10-12-17)19(24)21-13-6-14-23/h3-5,7-12,18,23H,2,6,13-14H2,1H3,(H,21,24)(H,22,25). The van der Waals surface area contributed by atoms with Crippen LogP contribution in [-0.4, -0.2) is 30.1 Å². The summed E-state index contributed by atoms with van der Waals surface area (Å²) in [7, 11) is 0. The molecule has 1 atom stereocenters. The quantitative estimate of drug-likeness (QED) is 0.647. The first-order valence-electron chi connectivity index (χ1n) is 8.50. The zero-order chi connectivity index (χ0) is 18.1. The Morgan fingerprint density at radius 1 is 1.04 bits per heavy atom. The summed E-state index contributed by atoms with van der Waals surface area (Å²) in [5.74, 6) is -0.460. The van der Waals surface area contributed by atoms with Crippen molar-refractivity contribution in [1.29, 1.82) is 0 Å². The lowest BCUT2D eigenvalue weighted by atomic mass is 9.95. The molecule has 5 nitrogen and oxygen atoms in total. The number of rotatable bonds is 8. The van der Waals surface area contributed by atoms with Gasteiger partial charge in [0, 0.05) is 24.4 Å². The van der Waals surface area contributed by atoms with Crippen molar-refractivity contribution in [2.24, 2.45) is 0 Å². The molecule has 0 radical (unpaired) electrons. The first kappa shape index (κ1) is 18.7. The van der Waals surface area contributed by atoms with Crippen molar-refractivity contribution in [2.45, 2.75) is 25.7 Å². The minimum absolute atomic E-state index is 0.0469. The molecule has 0 saturated carbocycles. The SMILES string of the molecule is CCC(C(=O)Nc1ccc(C(=O)NCCCO)cc1)c1ccccc1. The highest BCUT2D eigenvalue weighted by molar-refractivity contribution is 5.97. The fraction of sp³-hybridized carbons (Fsp3) is 0.300. The molecule has 0 heterocycles. The maximum absolute atomic E-state index is 12.5. The Morgan fingerprint density at radius 2 is 1.72 bits per heavy atom. The van der Waals surface area contributed by atoms with E-state index in [4.69, 9.17) is 5.11 Å². The summed E-state index contributed by atoms with van der Waals surface area (Å²) in [5, 5.41) is 14.4. The van der Waals surface area contributed by atoms with Crippen LogP contribution in [0.25, 0.3) is 0 Å². The summed E-state index contributed by atoms with van der Waals surface area (Å²) in [6.07, 6.45) is 1.24. The van der Waals surface area contributed by atoms with Crippen LogP contribution in [0.15, 0.2) is 54.6 Å². The molecular formula is C20H24N2O3. The Morgan fingerprint density at radius 3 is 2.32 bits per heavy atom. The number of benzene rings is 2. The van der Waals surface area contributed by atoms with Gasteiger partial charge in [0.05, 0.1) is 5.92 Å². The molecule has 25 heavy (non-hydrogen) atoms. The molecule has 0 aromatic heterocycles. The van der Waals surface area contributed by atoms with Gasteiger partial charge in [-0.25, -0.2) is 0 Å². The highest BCUT2D eigenvalue weighted by Gasteiger charge is 2.18. The number of carbonyl (C=O) groups excluding carboxylic acids is 2.